The van der Waals surface area contributed by atoms with Crippen molar-refractivity contribution in [2.45, 2.75) is 13.8 Å². The molecule has 1 aromatic carbocycles. The number of nitrogens with one attached hydrogen (secondary N) is 2. The van der Waals surface area contributed by atoms with Crippen LogP contribution in [0.1, 0.15) is 31.3 Å². The molecule has 2 aromatic rings. The Bertz CT molecular complexity index is 700. The molecule has 1 aromatic heterocycles. The molecule has 22 heavy (non-hydrogen) atoms. The molecule has 0 spiro atoms. The average molecular weight is 321 g/mol. The lowest BCUT2D eigenvalue weighted by Crippen LogP contribution is -2.34. The zero-order chi connectivity index (χ0) is 16.1. The predicted octanol–water partition coefficient (Wildman–Crippen LogP) is 2.06. The number of nitrogens with zero attached hydrogens (tertiary/aromatic N) is 1. The molecule has 116 valence electrons. The standard InChI is InChI=1S/C15H16FN3O2S/c1-9-3-4-11(7-12(9)16)14(20)17-5-6-18-15(21)13-10(2)19-8-22-13/h3-4,7-8H,5-6H2,1-2H3,(H,17,20)(H,18,21). The smallest absolute Gasteiger partial charge is 0.263 e. The minimum Gasteiger partial charge on any atom is -0.350 e. The molecule has 0 radical (unpaired) electrons. The summed E-state index contributed by atoms with van der Waals surface area (Å²) in [6.07, 6.45) is 0. The molecule has 0 aliphatic rings. The maximum absolute atomic E-state index is 13.4. The van der Waals surface area contributed by atoms with Crippen LogP contribution < -0.4 is 10.6 Å². The highest BCUT2D eigenvalue weighted by atomic mass is 32.1. The second kappa shape index (κ2) is 7.13. The van der Waals surface area contributed by atoms with Gasteiger partial charge in [0.2, 0.25) is 0 Å². The van der Waals surface area contributed by atoms with Crippen molar-refractivity contribution in [1.82, 2.24) is 15.6 Å². The molecule has 5 nitrogen and oxygen atoms in total. The molecule has 0 saturated carbocycles. The molecule has 0 aliphatic carbocycles. The van der Waals surface area contributed by atoms with Gasteiger partial charge in [0.1, 0.15) is 10.7 Å². The van der Waals surface area contributed by atoms with E-state index in [2.05, 4.69) is 15.6 Å². The monoisotopic (exact) mass is 321 g/mol. The van der Waals surface area contributed by atoms with E-state index in [-0.39, 0.29) is 30.5 Å². The Morgan fingerprint density at radius 3 is 2.45 bits per heavy atom. The third kappa shape index (κ3) is 3.88. The van der Waals surface area contributed by atoms with Crippen molar-refractivity contribution >= 4 is 23.2 Å². The van der Waals surface area contributed by atoms with Crippen molar-refractivity contribution in [2.24, 2.45) is 0 Å². The van der Waals surface area contributed by atoms with Crippen molar-refractivity contribution in [3.63, 3.8) is 0 Å². The van der Waals surface area contributed by atoms with E-state index >= 15 is 0 Å². The summed E-state index contributed by atoms with van der Waals surface area (Å²) in [5.74, 6) is -1.00. The van der Waals surface area contributed by atoms with E-state index < -0.39 is 5.82 Å². The first-order chi connectivity index (χ1) is 10.5. The Balaban J connectivity index is 1.79. The summed E-state index contributed by atoms with van der Waals surface area (Å²) in [5, 5.41) is 5.32. The van der Waals surface area contributed by atoms with Crippen LogP contribution in [-0.2, 0) is 0 Å². The zero-order valence-corrected chi connectivity index (χ0v) is 13.1. The Morgan fingerprint density at radius 1 is 1.18 bits per heavy atom. The summed E-state index contributed by atoms with van der Waals surface area (Å²) in [6.45, 7) is 3.95. The number of thiazole rings is 1. The van der Waals surface area contributed by atoms with Gasteiger partial charge in [-0.1, -0.05) is 6.07 Å². The van der Waals surface area contributed by atoms with E-state index in [4.69, 9.17) is 0 Å². The van der Waals surface area contributed by atoms with Crippen LogP contribution in [0.4, 0.5) is 4.39 Å². The number of carbonyl (C=O) groups is 2. The van der Waals surface area contributed by atoms with Crippen LogP contribution in [0.5, 0.6) is 0 Å². The number of hydrogen-bond donors (Lipinski definition) is 2. The van der Waals surface area contributed by atoms with Gasteiger partial charge in [0, 0.05) is 18.7 Å². The average Bonchev–Trinajstić information content (AvgIpc) is 2.92. The van der Waals surface area contributed by atoms with Crippen molar-refractivity contribution in [3.05, 3.63) is 51.2 Å². The molecule has 2 amide bonds. The van der Waals surface area contributed by atoms with Gasteiger partial charge in [-0.2, -0.15) is 0 Å². The Morgan fingerprint density at radius 2 is 1.86 bits per heavy atom. The van der Waals surface area contributed by atoms with E-state index in [0.717, 1.165) is 0 Å². The molecule has 0 saturated heterocycles. The lowest BCUT2D eigenvalue weighted by molar-refractivity contribution is 0.0929. The first kappa shape index (κ1) is 16.1. The van der Waals surface area contributed by atoms with Crippen LogP contribution in [0.15, 0.2) is 23.7 Å². The van der Waals surface area contributed by atoms with Gasteiger partial charge >= 0.3 is 0 Å². The number of amides is 2. The van der Waals surface area contributed by atoms with Crippen LogP contribution in [-0.4, -0.2) is 29.9 Å². The van der Waals surface area contributed by atoms with Crippen LogP contribution in [0, 0.1) is 19.7 Å². The summed E-state index contributed by atoms with van der Waals surface area (Å²) in [6, 6.07) is 4.32. The molecule has 0 aliphatic heterocycles. The van der Waals surface area contributed by atoms with Gasteiger partial charge in [-0.15, -0.1) is 11.3 Å². The fourth-order valence-electron chi connectivity index (χ4n) is 1.79. The number of carbonyl (C=O) groups excluding carboxylic acids is 2. The fourth-order valence-corrected chi connectivity index (χ4v) is 2.51. The van der Waals surface area contributed by atoms with Gasteiger partial charge in [0.25, 0.3) is 11.8 Å². The van der Waals surface area contributed by atoms with Gasteiger partial charge < -0.3 is 10.6 Å². The molecule has 0 bridgehead atoms. The highest BCUT2D eigenvalue weighted by molar-refractivity contribution is 7.11. The lowest BCUT2D eigenvalue weighted by Gasteiger charge is -2.07. The molecule has 0 unspecified atom stereocenters. The third-order valence-corrected chi connectivity index (χ3v) is 4.01. The van der Waals surface area contributed by atoms with Crippen molar-refractivity contribution in [3.8, 4) is 0 Å². The number of halogens is 1. The fraction of sp³-hybridized carbons (Fsp3) is 0.267. The van der Waals surface area contributed by atoms with Gasteiger partial charge in [-0.3, -0.25) is 9.59 Å². The molecule has 1 heterocycles. The van der Waals surface area contributed by atoms with Crippen LogP contribution in [0.2, 0.25) is 0 Å². The van der Waals surface area contributed by atoms with E-state index in [1.54, 1.807) is 31.5 Å². The Kier molecular flexibility index (Phi) is 5.21. The minimum atomic E-state index is -0.415. The molecule has 2 rings (SSSR count). The topological polar surface area (TPSA) is 71.1 Å². The summed E-state index contributed by atoms with van der Waals surface area (Å²) >= 11 is 1.27. The molecular formula is C15H16FN3O2S. The normalized spacial score (nSPS) is 10.3. The van der Waals surface area contributed by atoms with Crippen LogP contribution >= 0.6 is 11.3 Å². The molecule has 0 fully saturated rings. The van der Waals surface area contributed by atoms with E-state index in [9.17, 15) is 14.0 Å². The molecule has 2 N–H and O–H groups in total. The maximum atomic E-state index is 13.4. The summed E-state index contributed by atoms with van der Waals surface area (Å²) in [4.78, 5) is 28.2. The number of aryl methyl sites for hydroxylation is 2. The summed E-state index contributed by atoms with van der Waals surface area (Å²) < 4.78 is 13.4. The van der Waals surface area contributed by atoms with Gasteiger partial charge in [-0.25, -0.2) is 9.37 Å². The first-order valence-electron chi connectivity index (χ1n) is 6.71. The van der Waals surface area contributed by atoms with Crippen molar-refractivity contribution in [1.29, 1.82) is 0 Å². The van der Waals surface area contributed by atoms with Gasteiger partial charge in [0.15, 0.2) is 0 Å². The largest absolute Gasteiger partial charge is 0.350 e. The van der Waals surface area contributed by atoms with Gasteiger partial charge in [0.05, 0.1) is 11.2 Å². The first-order valence-corrected chi connectivity index (χ1v) is 7.59. The van der Waals surface area contributed by atoms with Crippen LogP contribution in [0.25, 0.3) is 0 Å². The number of aromatic nitrogens is 1. The molecule has 7 heteroatoms. The van der Waals surface area contributed by atoms with E-state index in [1.165, 1.54) is 17.4 Å². The second-order valence-corrected chi connectivity index (χ2v) is 5.60. The molecular weight excluding hydrogens is 305 g/mol. The maximum Gasteiger partial charge on any atom is 0.263 e. The Hall–Kier alpha value is -2.28. The summed E-state index contributed by atoms with van der Waals surface area (Å²) in [5.41, 5.74) is 3.04. The van der Waals surface area contributed by atoms with E-state index in [0.29, 0.717) is 16.1 Å². The van der Waals surface area contributed by atoms with Crippen molar-refractivity contribution in [2.75, 3.05) is 13.1 Å². The Labute approximate surface area is 131 Å². The minimum absolute atomic E-state index is 0.212. The lowest BCUT2D eigenvalue weighted by atomic mass is 10.1. The number of rotatable bonds is 5. The highest BCUT2D eigenvalue weighted by Crippen LogP contribution is 2.11. The summed E-state index contributed by atoms with van der Waals surface area (Å²) in [7, 11) is 0. The van der Waals surface area contributed by atoms with Crippen LogP contribution in [0.3, 0.4) is 0 Å². The molecule has 0 atom stereocenters. The SMILES string of the molecule is Cc1ccc(C(=O)NCCNC(=O)c2scnc2C)cc1F. The number of hydrogen-bond acceptors (Lipinski definition) is 4. The van der Waals surface area contributed by atoms with Crippen molar-refractivity contribution < 1.29 is 14.0 Å². The second-order valence-electron chi connectivity index (χ2n) is 4.74. The van der Waals surface area contributed by atoms with Gasteiger partial charge in [-0.05, 0) is 31.5 Å². The quantitative estimate of drug-likeness (QED) is 0.828. The third-order valence-electron chi connectivity index (χ3n) is 3.08. The highest BCUT2D eigenvalue weighted by Gasteiger charge is 2.11. The predicted molar refractivity (Wildman–Crippen MR) is 82.7 cm³/mol. The van der Waals surface area contributed by atoms with E-state index in [1.807, 2.05) is 0 Å². The zero-order valence-electron chi connectivity index (χ0n) is 12.3. The number of benzene rings is 1.